The van der Waals surface area contributed by atoms with Crippen molar-refractivity contribution in [1.29, 1.82) is 0 Å². The van der Waals surface area contributed by atoms with Crippen molar-refractivity contribution in [2.24, 2.45) is 0 Å². The molecule has 4 rings (SSSR count). The molecule has 0 aliphatic carbocycles. The predicted molar refractivity (Wildman–Crippen MR) is 92.9 cm³/mol. The third-order valence-corrected chi connectivity index (χ3v) is 4.41. The number of amides is 1. The van der Waals surface area contributed by atoms with Crippen LogP contribution in [0.2, 0.25) is 0 Å². The third-order valence-electron chi connectivity index (χ3n) is 4.41. The van der Waals surface area contributed by atoms with Gasteiger partial charge in [-0.15, -0.1) is 0 Å². The van der Waals surface area contributed by atoms with E-state index in [-0.39, 0.29) is 11.7 Å². The Morgan fingerprint density at radius 1 is 1.20 bits per heavy atom. The number of rotatable bonds is 3. The van der Waals surface area contributed by atoms with Gasteiger partial charge in [0.25, 0.3) is 5.91 Å². The second-order valence-corrected chi connectivity index (χ2v) is 6.19. The maximum atomic E-state index is 13.5. The first-order chi connectivity index (χ1) is 12.1. The number of halogens is 1. The Hall–Kier alpha value is -2.89. The van der Waals surface area contributed by atoms with Crippen molar-refractivity contribution in [2.75, 3.05) is 0 Å². The van der Waals surface area contributed by atoms with Gasteiger partial charge in [0.05, 0.1) is 18.6 Å². The van der Waals surface area contributed by atoms with E-state index in [2.05, 4.69) is 4.98 Å². The summed E-state index contributed by atoms with van der Waals surface area (Å²) in [5.74, 6) is -0.361. The minimum Gasteiger partial charge on any atom is -0.330 e. The zero-order valence-electron chi connectivity index (χ0n) is 13.5. The van der Waals surface area contributed by atoms with Crippen molar-refractivity contribution < 1.29 is 9.18 Å². The molecule has 0 spiro atoms. The van der Waals surface area contributed by atoms with E-state index in [1.807, 2.05) is 22.8 Å². The molecule has 0 fully saturated rings. The molecule has 0 saturated carbocycles. The lowest BCUT2D eigenvalue weighted by Gasteiger charge is -2.34. The molecule has 2 heterocycles. The summed E-state index contributed by atoms with van der Waals surface area (Å²) < 4.78 is 15.3. The Labute approximate surface area is 146 Å². The summed E-state index contributed by atoms with van der Waals surface area (Å²) >= 11 is 0. The van der Waals surface area contributed by atoms with E-state index in [1.165, 1.54) is 12.1 Å². The van der Waals surface area contributed by atoms with Crippen molar-refractivity contribution in [3.63, 3.8) is 0 Å². The van der Waals surface area contributed by atoms with Crippen LogP contribution in [0.5, 0.6) is 0 Å². The molecule has 1 aliphatic heterocycles. The van der Waals surface area contributed by atoms with Gasteiger partial charge in [-0.05, 0) is 23.3 Å². The minimum atomic E-state index is -0.511. The number of carbonyl (C=O) groups excluding carboxylic acids is 1. The van der Waals surface area contributed by atoms with E-state index in [0.29, 0.717) is 18.6 Å². The third kappa shape index (κ3) is 2.95. The van der Waals surface area contributed by atoms with Crippen molar-refractivity contribution in [2.45, 2.75) is 19.1 Å². The van der Waals surface area contributed by atoms with E-state index >= 15 is 0 Å². The summed E-state index contributed by atoms with van der Waals surface area (Å²) in [7, 11) is 5.89. The van der Waals surface area contributed by atoms with Crippen molar-refractivity contribution in [1.82, 2.24) is 14.5 Å². The van der Waals surface area contributed by atoms with Crippen LogP contribution in [0.4, 0.5) is 4.39 Å². The van der Waals surface area contributed by atoms with Crippen LogP contribution in [-0.4, -0.2) is 28.2 Å². The van der Waals surface area contributed by atoms with Gasteiger partial charge in [0.1, 0.15) is 19.7 Å². The van der Waals surface area contributed by atoms with Crippen LogP contribution < -0.4 is 5.46 Å². The molecule has 1 atom stereocenters. The summed E-state index contributed by atoms with van der Waals surface area (Å²) in [4.78, 5) is 19.0. The van der Waals surface area contributed by atoms with Gasteiger partial charge in [0.2, 0.25) is 0 Å². The van der Waals surface area contributed by atoms with E-state index in [0.717, 1.165) is 16.8 Å². The van der Waals surface area contributed by atoms with Crippen LogP contribution in [0, 0.1) is 5.82 Å². The Kier molecular flexibility index (Phi) is 3.88. The molecule has 1 aromatic heterocycles. The average molecular weight is 331 g/mol. The highest BCUT2D eigenvalue weighted by molar-refractivity contribution is 6.32. The van der Waals surface area contributed by atoms with Gasteiger partial charge in [-0.3, -0.25) is 4.79 Å². The number of aromatic nitrogens is 2. The Balaban J connectivity index is 1.71. The fourth-order valence-corrected chi connectivity index (χ4v) is 3.27. The molecular formula is C19H15BFN3O. The standard InChI is InChI=1S/C19H15BFN3O/c20-15-5-2-4-14(8-15)18-19(25)23(11-17-9-22-12-24(17)18)10-13-3-1-6-16(21)7-13/h1-9,12,18H,10-11H2. The Bertz CT molecular complexity index is 940. The largest absolute Gasteiger partial charge is 0.330 e. The van der Waals surface area contributed by atoms with Gasteiger partial charge in [-0.2, -0.15) is 0 Å². The van der Waals surface area contributed by atoms with E-state index in [1.54, 1.807) is 35.6 Å². The number of benzene rings is 2. The highest BCUT2D eigenvalue weighted by atomic mass is 19.1. The Morgan fingerprint density at radius 2 is 2.04 bits per heavy atom. The molecule has 1 unspecified atom stereocenters. The lowest BCUT2D eigenvalue weighted by molar-refractivity contribution is -0.136. The smallest absolute Gasteiger partial charge is 0.250 e. The topological polar surface area (TPSA) is 38.1 Å². The van der Waals surface area contributed by atoms with Crippen LogP contribution in [-0.2, 0) is 17.9 Å². The summed E-state index contributed by atoms with van der Waals surface area (Å²) in [6.45, 7) is 0.786. The zero-order valence-corrected chi connectivity index (χ0v) is 13.5. The highest BCUT2D eigenvalue weighted by Gasteiger charge is 2.34. The lowest BCUT2D eigenvalue weighted by Crippen LogP contribution is -2.42. The number of nitrogens with zero attached hydrogens (tertiary/aromatic N) is 3. The molecule has 1 amide bonds. The number of carbonyl (C=O) groups is 1. The first-order valence-electron chi connectivity index (χ1n) is 8.01. The summed E-state index contributed by atoms with van der Waals surface area (Å²) in [6.07, 6.45) is 3.42. The van der Waals surface area contributed by atoms with Gasteiger partial charge >= 0.3 is 0 Å². The summed E-state index contributed by atoms with van der Waals surface area (Å²) in [5.41, 5.74) is 3.11. The lowest BCUT2D eigenvalue weighted by atomic mass is 9.91. The number of hydrogen-bond donors (Lipinski definition) is 0. The van der Waals surface area contributed by atoms with Gasteiger partial charge in [0, 0.05) is 12.7 Å². The van der Waals surface area contributed by atoms with Crippen LogP contribution in [0.1, 0.15) is 22.9 Å². The fourth-order valence-electron chi connectivity index (χ4n) is 3.27. The molecule has 122 valence electrons. The van der Waals surface area contributed by atoms with Gasteiger partial charge < -0.3 is 9.47 Å². The molecule has 3 aromatic rings. The van der Waals surface area contributed by atoms with Crippen molar-refractivity contribution in [3.05, 3.63) is 83.7 Å². The van der Waals surface area contributed by atoms with Crippen molar-refractivity contribution >= 4 is 19.2 Å². The van der Waals surface area contributed by atoms with E-state index in [4.69, 9.17) is 7.85 Å². The van der Waals surface area contributed by atoms with E-state index < -0.39 is 6.04 Å². The maximum Gasteiger partial charge on any atom is 0.250 e. The van der Waals surface area contributed by atoms with E-state index in [9.17, 15) is 9.18 Å². The van der Waals surface area contributed by atoms with Gasteiger partial charge in [0.15, 0.2) is 0 Å². The van der Waals surface area contributed by atoms with Crippen LogP contribution in [0.15, 0.2) is 61.1 Å². The normalized spacial score (nSPS) is 16.8. The zero-order chi connectivity index (χ0) is 17.4. The second-order valence-electron chi connectivity index (χ2n) is 6.19. The van der Waals surface area contributed by atoms with Gasteiger partial charge in [-0.1, -0.05) is 41.9 Å². The first kappa shape index (κ1) is 15.6. The van der Waals surface area contributed by atoms with Crippen LogP contribution in [0.25, 0.3) is 0 Å². The summed E-state index contributed by atoms with van der Waals surface area (Å²) in [6, 6.07) is 13.1. The quantitative estimate of drug-likeness (QED) is 0.688. The molecule has 4 nitrogen and oxygen atoms in total. The number of fused-ring (bicyclic) bond motifs is 1. The molecule has 2 radical (unpaired) electrons. The molecule has 25 heavy (non-hydrogen) atoms. The fraction of sp³-hybridized carbons (Fsp3) is 0.158. The Morgan fingerprint density at radius 3 is 2.84 bits per heavy atom. The van der Waals surface area contributed by atoms with Crippen LogP contribution in [0.3, 0.4) is 0 Å². The SMILES string of the molecule is [B]c1cccc(C2C(=O)N(Cc3cccc(F)c3)Cc3cncn32)c1. The monoisotopic (exact) mass is 331 g/mol. The molecular weight excluding hydrogens is 316 g/mol. The second kappa shape index (κ2) is 6.20. The molecule has 0 bridgehead atoms. The van der Waals surface area contributed by atoms with Crippen LogP contribution >= 0.6 is 0 Å². The number of imidazole rings is 1. The molecule has 2 aromatic carbocycles. The molecule has 6 heteroatoms. The van der Waals surface area contributed by atoms with Crippen molar-refractivity contribution in [3.8, 4) is 0 Å². The molecule has 0 N–H and O–H groups in total. The predicted octanol–water partition coefficient (Wildman–Crippen LogP) is 1.95. The summed E-state index contributed by atoms with van der Waals surface area (Å²) in [5, 5.41) is 0. The number of hydrogen-bond acceptors (Lipinski definition) is 2. The molecule has 0 saturated heterocycles. The molecule has 1 aliphatic rings. The highest BCUT2D eigenvalue weighted by Crippen LogP contribution is 2.29. The first-order valence-corrected chi connectivity index (χ1v) is 8.01. The maximum absolute atomic E-state index is 13.5. The average Bonchev–Trinajstić information content (AvgIpc) is 3.03. The van der Waals surface area contributed by atoms with Gasteiger partial charge in [-0.25, -0.2) is 9.37 Å². The minimum absolute atomic E-state index is 0.0552.